The Balaban J connectivity index is 2.23. The molecule has 0 aliphatic heterocycles. The van der Waals surface area contributed by atoms with Crippen LogP contribution in [0.15, 0.2) is 36.4 Å². The molecule has 0 radical (unpaired) electrons. The van der Waals surface area contributed by atoms with Gasteiger partial charge in [0.15, 0.2) is 11.6 Å². The quantitative estimate of drug-likeness (QED) is 0.906. The topological polar surface area (TPSA) is 26.0 Å². The van der Waals surface area contributed by atoms with Crippen molar-refractivity contribution in [2.24, 2.45) is 5.73 Å². The van der Waals surface area contributed by atoms with Crippen LogP contribution in [0.5, 0.6) is 0 Å². The zero-order valence-electron chi connectivity index (χ0n) is 9.84. The van der Waals surface area contributed by atoms with E-state index in [2.05, 4.69) is 0 Å². The van der Waals surface area contributed by atoms with Gasteiger partial charge in [0.1, 0.15) is 5.82 Å². The second-order valence-electron chi connectivity index (χ2n) is 4.20. The van der Waals surface area contributed by atoms with Crippen LogP contribution >= 0.6 is 11.6 Å². The first-order valence-corrected chi connectivity index (χ1v) is 6.00. The van der Waals surface area contributed by atoms with E-state index in [1.165, 1.54) is 24.3 Å². The molecule has 0 spiro atoms. The van der Waals surface area contributed by atoms with Crippen LogP contribution in [-0.2, 0) is 6.42 Å². The SMILES string of the molecule is NC(Cc1ccc(Cl)c(F)c1)c1cccc(F)c1F. The first-order valence-electron chi connectivity index (χ1n) is 5.62. The molecule has 2 aromatic carbocycles. The van der Waals surface area contributed by atoms with Gasteiger partial charge in [0.05, 0.1) is 5.02 Å². The zero-order valence-corrected chi connectivity index (χ0v) is 10.6. The van der Waals surface area contributed by atoms with E-state index in [1.54, 1.807) is 6.07 Å². The van der Waals surface area contributed by atoms with Crippen molar-refractivity contribution in [1.29, 1.82) is 0 Å². The Morgan fingerprint density at radius 3 is 2.47 bits per heavy atom. The summed E-state index contributed by atoms with van der Waals surface area (Å²) in [5.74, 6) is -2.48. The maximum atomic E-state index is 13.5. The molecule has 1 nitrogen and oxygen atoms in total. The average molecular weight is 286 g/mol. The Morgan fingerprint density at radius 2 is 1.79 bits per heavy atom. The third-order valence-electron chi connectivity index (χ3n) is 2.82. The van der Waals surface area contributed by atoms with Crippen LogP contribution in [0.3, 0.4) is 0 Å². The highest BCUT2D eigenvalue weighted by atomic mass is 35.5. The molecule has 0 amide bonds. The minimum atomic E-state index is -0.968. The lowest BCUT2D eigenvalue weighted by Gasteiger charge is -2.13. The lowest BCUT2D eigenvalue weighted by Crippen LogP contribution is -2.15. The van der Waals surface area contributed by atoms with Gasteiger partial charge >= 0.3 is 0 Å². The van der Waals surface area contributed by atoms with Crippen LogP contribution in [0.2, 0.25) is 5.02 Å². The Kier molecular flexibility index (Phi) is 4.12. The molecule has 1 unspecified atom stereocenters. The van der Waals surface area contributed by atoms with Crippen molar-refractivity contribution >= 4 is 11.6 Å². The van der Waals surface area contributed by atoms with E-state index in [9.17, 15) is 13.2 Å². The lowest BCUT2D eigenvalue weighted by atomic mass is 9.99. The van der Waals surface area contributed by atoms with E-state index < -0.39 is 23.5 Å². The van der Waals surface area contributed by atoms with Crippen molar-refractivity contribution in [1.82, 2.24) is 0 Å². The summed E-state index contributed by atoms with van der Waals surface area (Å²) in [6.45, 7) is 0. The normalized spacial score (nSPS) is 12.5. The number of hydrogen-bond donors (Lipinski definition) is 1. The Morgan fingerprint density at radius 1 is 1.05 bits per heavy atom. The first kappa shape index (κ1) is 13.9. The molecule has 0 saturated heterocycles. The minimum absolute atomic E-state index is 0.00857. The molecule has 0 aliphatic rings. The number of hydrogen-bond acceptors (Lipinski definition) is 1. The van der Waals surface area contributed by atoms with Crippen LogP contribution in [0.4, 0.5) is 13.2 Å². The summed E-state index contributed by atoms with van der Waals surface area (Å²) in [5, 5.41) is 0.00857. The van der Waals surface area contributed by atoms with Crippen LogP contribution in [0.1, 0.15) is 17.2 Å². The Hall–Kier alpha value is -1.52. The van der Waals surface area contributed by atoms with E-state index in [0.29, 0.717) is 5.56 Å². The molecular formula is C14H11ClF3N. The van der Waals surface area contributed by atoms with Gasteiger partial charge in [0.25, 0.3) is 0 Å². The fourth-order valence-corrected chi connectivity index (χ4v) is 1.95. The van der Waals surface area contributed by atoms with Crippen molar-refractivity contribution < 1.29 is 13.2 Å². The standard InChI is InChI=1S/C14H11ClF3N/c15-10-5-4-8(6-12(10)17)7-13(19)9-2-1-3-11(16)14(9)18/h1-6,13H,7,19H2. The molecule has 0 saturated carbocycles. The third-order valence-corrected chi connectivity index (χ3v) is 3.13. The van der Waals surface area contributed by atoms with Gasteiger partial charge < -0.3 is 5.73 Å². The molecule has 100 valence electrons. The van der Waals surface area contributed by atoms with Crippen LogP contribution in [0, 0.1) is 17.5 Å². The zero-order chi connectivity index (χ0) is 14.0. The van der Waals surface area contributed by atoms with Crippen LogP contribution in [0.25, 0.3) is 0 Å². The van der Waals surface area contributed by atoms with Crippen molar-refractivity contribution in [3.8, 4) is 0 Å². The van der Waals surface area contributed by atoms with Crippen molar-refractivity contribution in [3.05, 3.63) is 70.0 Å². The molecule has 0 fully saturated rings. The maximum absolute atomic E-state index is 13.5. The number of halogens is 4. The van der Waals surface area contributed by atoms with Crippen molar-refractivity contribution in [2.75, 3.05) is 0 Å². The summed E-state index contributed by atoms with van der Waals surface area (Å²) >= 11 is 5.56. The van der Waals surface area contributed by atoms with Gasteiger partial charge in [-0.25, -0.2) is 13.2 Å². The first-order chi connectivity index (χ1) is 8.99. The van der Waals surface area contributed by atoms with E-state index >= 15 is 0 Å². The summed E-state index contributed by atoms with van der Waals surface area (Å²) in [6, 6.07) is 7.30. The summed E-state index contributed by atoms with van der Waals surface area (Å²) in [4.78, 5) is 0. The monoisotopic (exact) mass is 285 g/mol. The highest BCUT2D eigenvalue weighted by molar-refractivity contribution is 6.30. The van der Waals surface area contributed by atoms with Gasteiger partial charge in [-0.15, -0.1) is 0 Å². The van der Waals surface area contributed by atoms with Gasteiger partial charge in [-0.1, -0.05) is 29.8 Å². The number of nitrogens with two attached hydrogens (primary N) is 1. The Labute approximate surface area is 113 Å². The molecule has 0 aliphatic carbocycles. The second kappa shape index (κ2) is 5.63. The van der Waals surface area contributed by atoms with Crippen molar-refractivity contribution in [2.45, 2.75) is 12.5 Å². The average Bonchev–Trinajstić information content (AvgIpc) is 2.37. The predicted octanol–water partition coefficient (Wildman–Crippen LogP) is 4.00. The van der Waals surface area contributed by atoms with E-state index in [-0.39, 0.29) is 17.0 Å². The highest BCUT2D eigenvalue weighted by Gasteiger charge is 2.15. The summed E-state index contributed by atoms with van der Waals surface area (Å²) in [5.41, 5.74) is 6.46. The molecule has 0 bridgehead atoms. The highest BCUT2D eigenvalue weighted by Crippen LogP contribution is 2.23. The molecule has 5 heteroatoms. The molecule has 2 N–H and O–H groups in total. The van der Waals surface area contributed by atoms with Gasteiger partial charge in [-0.3, -0.25) is 0 Å². The molecule has 2 rings (SSSR count). The van der Waals surface area contributed by atoms with Crippen LogP contribution in [-0.4, -0.2) is 0 Å². The minimum Gasteiger partial charge on any atom is -0.324 e. The predicted molar refractivity (Wildman–Crippen MR) is 68.4 cm³/mol. The molecule has 2 aromatic rings. The summed E-state index contributed by atoms with van der Waals surface area (Å²) < 4.78 is 39.9. The van der Waals surface area contributed by atoms with Gasteiger partial charge in [-0.05, 0) is 30.2 Å². The second-order valence-corrected chi connectivity index (χ2v) is 4.61. The fourth-order valence-electron chi connectivity index (χ4n) is 1.84. The lowest BCUT2D eigenvalue weighted by molar-refractivity contribution is 0.487. The molecule has 19 heavy (non-hydrogen) atoms. The van der Waals surface area contributed by atoms with Gasteiger partial charge in [-0.2, -0.15) is 0 Å². The molecular weight excluding hydrogens is 275 g/mol. The summed E-state index contributed by atoms with van der Waals surface area (Å²) in [7, 11) is 0. The maximum Gasteiger partial charge on any atom is 0.163 e. The smallest absolute Gasteiger partial charge is 0.163 e. The number of rotatable bonds is 3. The largest absolute Gasteiger partial charge is 0.324 e. The fraction of sp³-hybridized carbons (Fsp3) is 0.143. The molecule has 1 atom stereocenters. The van der Waals surface area contributed by atoms with Crippen molar-refractivity contribution in [3.63, 3.8) is 0 Å². The van der Waals surface area contributed by atoms with E-state index in [1.807, 2.05) is 0 Å². The molecule has 0 heterocycles. The van der Waals surface area contributed by atoms with E-state index in [0.717, 1.165) is 6.07 Å². The van der Waals surface area contributed by atoms with Gasteiger partial charge in [0.2, 0.25) is 0 Å². The Bertz CT molecular complexity index is 601. The molecule has 0 aromatic heterocycles. The van der Waals surface area contributed by atoms with E-state index in [4.69, 9.17) is 17.3 Å². The third kappa shape index (κ3) is 3.08. The van der Waals surface area contributed by atoms with Gasteiger partial charge in [0, 0.05) is 11.6 Å². The summed E-state index contributed by atoms with van der Waals surface area (Å²) in [6.07, 6.45) is 0.189. The van der Waals surface area contributed by atoms with Crippen LogP contribution < -0.4 is 5.73 Å². The number of benzene rings is 2.